The van der Waals surface area contributed by atoms with Crippen molar-refractivity contribution in [3.8, 4) is 0 Å². The van der Waals surface area contributed by atoms with Crippen LogP contribution in [-0.4, -0.2) is 20.9 Å². The van der Waals surface area contributed by atoms with E-state index in [0.717, 1.165) is 36.9 Å². The van der Waals surface area contributed by atoms with Crippen LogP contribution >= 0.6 is 11.6 Å². The van der Waals surface area contributed by atoms with Crippen LogP contribution in [0.15, 0.2) is 0 Å². The van der Waals surface area contributed by atoms with Gasteiger partial charge in [-0.25, -0.2) is 0 Å². The summed E-state index contributed by atoms with van der Waals surface area (Å²) in [4.78, 5) is 11.9. The van der Waals surface area contributed by atoms with Gasteiger partial charge in [0.25, 0.3) is 0 Å². The van der Waals surface area contributed by atoms with Crippen LogP contribution in [0, 0.1) is 18.3 Å². The highest BCUT2D eigenvalue weighted by Crippen LogP contribution is 2.44. The summed E-state index contributed by atoms with van der Waals surface area (Å²) in [5.41, 5.74) is 1.08. The number of aryl methyl sites for hydroxylation is 2. The molecule has 0 saturated heterocycles. The molecule has 0 bridgehead atoms. The molecule has 2 rings (SSSR count). The highest BCUT2D eigenvalue weighted by atomic mass is 35.5. The summed E-state index contributed by atoms with van der Waals surface area (Å²) in [6.45, 7) is 4.09. The molecule has 1 aromatic heterocycles. The number of rotatable bonds is 5. The molecule has 0 radical (unpaired) electrons. The van der Waals surface area contributed by atoms with Gasteiger partial charge in [-0.2, -0.15) is 5.10 Å². The summed E-state index contributed by atoms with van der Waals surface area (Å²) < 4.78 is 1.63. The summed E-state index contributed by atoms with van der Waals surface area (Å²) in [6.07, 6.45) is 6.41. The lowest BCUT2D eigenvalue weighted by Crippen LogP contribution is -2.37. The van der Waals surface area contributed by atoms with Crippen LogP contribution < -0.4 is 0 Å². The second-order valence-electron chi connectivity index (χ2n) is 6.47. The van der Waals surface area contributed by atoms with Crippen molar-refractivity contribution in [2.75, 3.05) is 0 Å². The number of hydrogen-bond acceptors (Lipinski definition) is 2. The van der Waals surface area contributed by atoms with Gasteiger partial charge in [0.2, 0.25) is 0 Å². The van der Waals surface area contributed by atoms with Crippen LogP contribution in [0.4, 0.5) is 0 Å². The van der Waals surface area contributed by atoms with Crippen LogP contribution in [-0.2, 0) is 18.3 Å². The van der Waals surface area contributed by atoms with E-state index < -0.39 is 11.4 Å². The van der Waals surface area contributed by atoms with Gasteiger partial charge in [-0.1, -0.05) is 31.4 Å². The first kappa shape index (κ1) is 16.3. The molecular weight excluding hydrogens is 288 g/mol. The van der Waals surface area contributed by atoms with Gasteiger partial charge in [0.15, 0.2) is 0 Å². The molecule has 5 heteroatoms. The van der Waals surface area contributed by atoms with Crippen molar-refractivity contribution in [3.05, 3.63) is 16.4 Å². The SMILES string of the molecule is CCCC1CCC(Cc2c(C)nn(C)c2Cl)(C(=O)O)CC1. The average Bonchev–Trinajstić information content (AvgIpc) is 2.67. The number of carbonyl (C=O) groups is 1. The Hall–Kier alpha value is -1.03. The quantitative estimate of drug-likeness (QED) is 0.894. The molecule has 0 atom stereocenters. The number of aliphatic carboxylic acids is 1. The van der Waals surface area contributed by atoms with Gasteiger partial charge in [0.05, 0.1) is 11.1 Å². The Morgan fingerprint density at radius 1 is 1.48 bits per heavy atom. The molecule has 0 amide bonds. The Bertz CT molecular complexity index is 517. The molecule has 0 aromatic carbocycles. The maximum Gasteiger partial charge on any atom is 0.309 e. The number of halogens is 1. The smallest absolute Gasteiger partial charge is 0.309 e. The van der Waals surface area contributed by atoms with E-state index in [1.807, 2.05) is 6.92 Å². The minimum absolute atomic E-state index is 0.500. The van der Waals surface area contributed by atoms with E-state index in [0.29, 0.717) is 17.5 Å². The Morgan fingerprint density at radius 3 is 2.52 bits per heavy atom. The molecule has 1 aliphatic rings. The first-order chi connectivity index (χ1) is 9.89. The Balaban J connectivity index is 2.19. The van der Waals surface area contributed by atoms with E-state index in [1.54, 1.807) is 11.7 Å². The van der Waals surface area contributed by atoms with Gasteiger partial charge in [0, 0.05) is 12.6 Å². The molecule has 1 aliphatic carbocycles. The summed E-state index contributed by atoms with van der Waals surface area (Å²) in [7, 11) is 1.80. The van der Waals surface area contributed by atoms with E-state index >= 15 is 0 Å². The van der Waals surface area contributed by atoms with Crippen molar-refractivity contribution in [1.29, 1.82) is 0 Å². The van der Waals surface area contributed by atoms with Crippen molar-refractivity contribution in [2.24, 2.45) is 18.4 Å². The Morgan fingerprint density at radius 2 is 2.10 bits per heavy atom. The molecule has 21 heavy (non-hydrogen) atoms. The maximum absolute atomic E-state index is 11.9. The maximum atomic E-state index is 11.9. The van der Waals surface area contributed by atoms with Gasteiger partial charge in [-0.3, -0.25) is 9.48 Å². The van der Waals surface area contributed by atoms with Crippen LogP contribution in [0.3, 0.4) is 0 Å². The minimum atomic E-state index is -0.684. The van der Waals surface area contributed by atoms with Crippen LogP contribution in [0.5, 0.6) is 0 Å². The molecule has 0 spiro atoms. The third kappa shape index (κ3) is 3.25. The van der Waals surface area contributed by atoms with E-state index in [1.165, 1.54) is 12.8 Å². The Labute approximate surface area is 131 Å². The molecule has 1 fully saturated rings. The van der Waals surface area contributed by atoms with E-state index in [-0.39, 0.29) is 0 Å². The zero-order valence-corrected chi connectivity index (χ0v) is 13.9. The van der Waals surface area contributed by atoms with Crippen molar-refractivity contribution in [2.45, 2.75) is 58.8 Å². The third-order valence-electron chi connectivity index (χ3n) is 5.00. The van der Waals surface area contributed by atoms with Crippen LogP contribution in [0.2, 0.25) is 5.15 Å². The number of carboxylic acids is 1. The third-order valence-corrected chi connectivity index (χ3v) is 5.47. The van der Waals surface area contributed by atoms with Crippen molar-refractivity contribution < 1.29 is 9.90 Å². The summed E-state index contributed by atoms with van der Waals surface area (Å²) in [6, 6.07) is 0. The van der Waals surface area contributed by atoms with Crippen molar-refractivity contribution in [3.63, 3.8) is 0 Å². The predicted octanol–water partition coefficient (Wildman–Crippen LogP) is 3.99. The van der Waals surface area contributed by atoms with Gasteiger partial charge in [0.1, 0.15) is 5.15 Å². The first-order valence-corrected chi connectivity index (χ1v) is 8.19. The minimum Gasteiger partial charge on any atom is -0.481 e. The largest absolute Gasteiger partial charge is 0.481 e. The Kier molecular flexibility index (Phi) is 4.97. The van der Waals surface area contributed by atoms with Gasteiger partial charge in [-0.15, -0.1) is 0 Å². The molecule has 1 heterocycles. The number of nitrogens with zero attached hydrogens (tertiary/aromatic N) is 2. The zero-order chi connectivity index (χ0) is 15.6. The molecule has 1 aromatic rings. The highest BCUT2D eigenvalue weighted by Gasteiger charge is 2.42. The topological polar surface area (TPSA) is 55.1 Å². The summed E-state index contributed by atoms with van der Waals surface area (Å²) >= 11 is 6.29. The summed E-state index contributed by atoms with van der Waals surface area (Å²) in [5.74, 6) is 0.00436. The lowest BCUT2D eigenvalue weighted by Gasteiger charge is -2.37. The average molecular weight is 313 g/mol. The zero-order valence-electron chi connectivity index (χ0n) is 13.2. The van der Waals surface area contributed by atoms with E-state index in [9.17, 15) is 9.90 Å². The van der Waals surface area contributed by atoms with Gasteiger partial charge < -0.3 is 5.11 Å². The van der Waals surface area contributed by atoms with Crippen molar-refractivity contribution >= 4 is 17.6 Å². The fourth-order valence-corrected chi connectivity index (χ4v) is 3.85. The van der Waals surface area contributed by atoms with Gasteiger partial charge >= 0.3 is 5.97 Å². The molecular formula is C16H25ClN2O2. The molecule has 0 unspecified atom stereocenters. The van der Waals surface area contributed by atoms with Crippen molar-refractivity contribution in [1.82, 2.24) is 9.78 Å². The fraction of sp³-hybridized carbons (Fsp3) is 0.750. The molecule has 1 saturated carbocycles. The van der Waals surface area contributed by atoms with E-state index in [2.05, 4.69) is 12.0 Å². The highest BCUT2D eigenvalue weighted by molar-refractivity contribution is 6.30. The second-order valence-corrected chi connectivity index (χ2v) is 6.83. The second kappa shape index (κ2) is 6.39. The normalized spacial score (nSPS) is 26.0. The number of carboxylic acid groups (broad SMARTS) is 1. The molecule has 118 valence electrons. The van der Waals surface area contributed by atoms with Gasteiger partial charge in [-0.05, 0) is 44.9 Å². The summed E-state index contributed by atoms with van der Waals surface area (Å²) in [5, 5.41) is 14.7. The lowest BCUT2D eigenvalue weighted by molar-refractivity contribution is -0.151. The van der Waals surface area contributed by atoms with Crippen LogP contribution in [0.25, 0.3) is 0 Å². The number of aromatic nitrogens is 2. The molecule has 0 aliphatic heterocycles. The number of hydrogen-bond donors (Lipinski definition) is 1. The van der Waals surface area contributed by atoms with E-state index in [4.69, 9.17) is 11.6 Å². The van der Waals surface area contributed by atoms with Crippen LogP contribution in [0.1, 0.15) is 56.7 Å². The standard InChI is InChI=1S/C16H25ClN2O2/c1-4-5-12-6-8-16(9-7-12,15(20)21)10-13-11(2)18-19(3)14(13)17/h12H,4-10H2,1-3H3,(H,20,21). The lowest BCUT2D eigenvalue weighted by atomic mass is 9.67. The monoisotopic (exact) mass is 312 g/mol. The molecule has 1 N–H and O–H groups in total. The predicted molar refractivity (Wildman–Crippen MR) is 83.6 cm³/mol. The first-order valence-electron chi connectivity index (χ1n) is 7.81. The fourth-order valence-electron chi connectivity index (χ4n) is 3.61. The molecule has 4 nitrogen and oxygen atoms in total.